The van der Waals surface area contributed by atoms with Crippen LogP contribution in [-0.2, 0) is 17.9 Å². The standard InChI is InChI=1S/C8H12N4O/c13-6-9-4-7-5-11-12-3-1-2-10-8(7)12/h5-6,10H,1-4H2,(H,9,13). The van der Waals surface area contributed by atoms with Gasteiger partial charge in [0, 0.05) is 25.2 Å². The second-order valence-electron chi connectivity index (χ2n) is 3.02. The van der Waals surface area contributed by atoms with Crippen molar-refractivity contribution >= 4 is 12.2 Å². The fourth-order valence-corrected chi connectivity index (χ4v) is 1.51. The Bertz CT molecular complexity index is 307. The Labute approximate surface area is 76.1 Å². The van der Waals surface area contributed by atoms with Crippen LogP contribution in [0.5, 0.6) is 0 Å². The van der Waals surface area contributed by atoms with Crippen LogP contribution >= 0.6 is 0 Å². The van der Waals surface area contributed by atoms with Gasteiger partial charge in [-0.2, -0.15) is 5.10 Å². The monoisotopic (exact) mass is 180 g/mol. The van der Waals surface area contributed by atoms with Gasteiger partial charge < -0.3 is 10.6 Å². The molecule has 0 fully saturated rings. The summed E-state index contributed by atoms with van der Waals surface area (Å²) in [6.07, 6.45) is 3.60. The lowest BCUT2D eigenvalue weighted by atomic mass is 10.3. The molecule has 2 rings (SSSR count). The van der Waals surface area contributed by atoms with Gasteiger partial charge in [0.2, 0.25) is 6.41 Å². The SMILES string of the molecule is O=CNCc1cnn2c1NCCC2. The molecule has 1 aromatic heterocycles. The van der Waals surface area contributed by atoms with Crippen LogP contribution in [0, 0.1) is 0 Å². The van der Waals surface area contributed by atoms with E-state index in [2.05, 4.69) is 15.7 Å². The van der Waals surface area contributed by atoms with E-state index < -0.39 is 0 Å². The van der Waals surface area contributed by atoms with E-state index in [0.29, 0.717) is 13.0 Å². The molecule has 2 heterocycles. The average molecular weight is 180 g/mol. The molecule has 13 heavy (non-hydrogen) atoms. The normalized spacial score (nSPS) is 14.5. The third kappa shape index (κ3) is 1.49. The number of aryl methyl sites for hydroxylation is 1. The maximum absolute atomic E-state index is 10.1. The first-order valence-corrected chi connectivity index (χ1v) is 4.37. The summed E-state index contributed by atoms with van der Waals surface area (Å²) in [4.78, 5) is 10.1. The highest BCUT2D eigenvalue weighted by atomic mass is 16.1. The van der Waals surface area contributed by atoms with Crippen molar-refractivity contribution in [2.75, 3.05) is 11.9 Å². The van der Waals surface area contributed by atoms with Gasteiger partial charge in [0.15, 0.2) is 0 Å². The van der Waals surface area contributed by atoms with Gasteiger partial charge in [0.1, 0.15) is 5.82 Å². The number of nitrogens with one attached hydrogen (secondary N) is 2. The average Bonchev–Trinajstić information content (AvgIpc) is 2.58. The molecule has 1 aliphatic rings. The number of carbonyl (C=O) groups is 1. The minimum Gasteiger partial charge on any atom is -0.370 e. The van der Waals surface area contributed by atoms with E-state index in [1.54, 1.807) is 6.20 Å². The van der Waals surface area contributed by atoms with Gasteiger partial charge in [0.05, 0.1) is 6.20 Å². The van der Waals surface area contributed by atoms with E-state index in [0.717, 1.165) is 30.9 Å². The number of anilines is 1. The fraction of sp³-hybridized carbons (Fsp3) is 0.500. The third-order valence-electron chi connectivity index (χ3n) is 2.13. The number of aromatic nitrogens is 2. The largest absolute Gasteiger partial charge is 0.370 e. The molecular formula is C8H12N4O. The number of hydrogen-bond acceptors (Lipinski definition) is 3. The van der Waals surface area contributed by atoms with E-state index in [1.807, 2.05) is 4.68 Å². The van der Waals surface area contributed by atoms with Crippen LogP contribution in [0.4, 0.5) is 5.82 Å². The van der Waals surface area contributed by atoms with Gasteiger partial charge in [-0.05, 0) is 6.42 Å². The van der Waals surface area contributed by atoms with E-state index >= 15 is 0 Å². The lowest BCUT2D eigenvalue weighted by molar-refractivity contribution is -0.109. The second-order valence-corrected chi connectivity index (χ2v) is 3.02. The first-order valence-electron chi connectivity index (χ1n) is 4.37. The van der Waals surface area contributed by atoms with Crippen LogP contribution in [0.2, 0.25) is 0 Å². The molecule has 5 heteroatoms. The van der Waals surface area contributed by atoms with Crippen molar-refractivity contribution in [2.24, 2.45) is 0 Å². The van der Waals surface area contributed by atoms with Crippen LogP contribution in [-0.4, -0.2) is 22.7 Å². The second kappa shape index (κ2) is 3.47. The molecular weight excluding hydrogens is 168 g/mol. The molecule has 0 radical (unpaired) electrons. The predicted octanol–water partition coefficient (Wildman–Crippen LogP) is -0.0553. The summed E-state index contributed by atoms with van der Waals surface area (Å²) in [6, 6.07) is 0. The van der Waals surface area contributed by atoms with Gasteiger partial charge in [-0.1, -0.05) is 0 Å². The molecule has 2 N–H and O–H groups in total. The first kappa shape index (κ1) is 8.10. The summed E-state index contributed by atoms with van der Waals surface area (Å²) < 4.78 is 1.94. The summed E-state index contributed by atoms with van der Waals surface area (Å²) in [5.41, 5.74) is 1.05. The maximum Gasteiger partial charge on any atom is 0.207 e. The summed E-state index contributed by atoms with van der Waals surface area (Å²) >= 11 is 0. The van der Waals surface area contributed by atoms with Crippen LogP contribution in [0.25, 0.3) is 0 Å². The third-order valence-corrected chi connectivity index (χ3v) is 2.13. The molecule has 1 aromatic rings. The maximum atomic E-state index is 10.1. The Kier molecular flexibility index (Phi) is 2.16. The summed E-state index contributed by atoms with van der Waals surface area (Å²) in [6.45, 7) is 2.50. The molecule has 0 saturated carbocycles. The van der Waals surface area contributed by atoms with Crippen molar-refractivity contribution in [3.05, 3.63) is 11.8 Å². The van der Waals surface area contributed by atoms with Crippen LogP contribution in [0.1, 0.15) is 12.0 Å². The highest BCUT2D eigenvalue weighted by Crippen LogP contribution is 2.18. The van der Waals surface area contributed by atoms with Crippen molar-refractivity contribution in [1.29, 1.82) is 0 Å². The Morgan fingerprint density at radius 3 is 3.54 bits per heavy atom. The molecule has 70 valence electrons. The zero-order chi connectivity index (χ0) is 9.10. The number of fused-ring (bicyclic) bond motifs is 1. The van der Waals surface area contributed by atoms with Gasteiger partial charge in [-0.3, -0.25) is 4.79 Å². The minimum absolute atomic E-state index is 0.547. The van der Waals surface area contributed by atoms with Gasteiger partial charge >= 0.3 is 0 Å². The van der Waals surface area contributed by atoms with Crippen molar-refractivity contribution in [3.63, 3.8) is 0 Å². The molecule has 0 saturated heterocycles. The predicted molar refractivity (Wildman–Crippen MR) is 48.2 cm³/mol. The Morgan fingerprint density at radius 2 is 2.69 bits per heavy atom. The van der Waals surface area contributed by atoms with Crippen LogP contribution in [0.3, 0.4) is 0 Å². The van der Waals surface area contributed by atoms with Crippen molar-refractivity contribution < 1.29 is 4.79 Å². The minimum atomic E-state index is 0.547. The molecule has 0 aromatic carbocycles. The fourth-order valence-electron chi connectivity index (χ4n) is 1.51. The number of hydrogen-bond donors (Lipinski definition) is 2. The summed E-state index contributed by atoms with van der Waals surface area (Å²) in [5.74, 6) is 1.04. The number of rotatable bonds is 3. The van der Waals surface area contributed by atoms with E-state index in [9.17, 15) is 4.79 Å². The molecule has 0 atom stereocenters. The van der Waals surface area contributed by atoms with E-state index in [4.69, 9.17) is 0 Å². The highest BCUT2D eigenvalue weighted by Gasteiger charge is 2.12. The van der Waals surface area contributed by atoms with Crippen LogP contribution in [0.15, 0.2) is 6.20 Å². The lowest BCUT2D eigenvalue weighted by Crippen LogP contribution is -2.19. The lowest BCUT2D eigenvalue weighted by Gasteiger charge is -2.16. The molecule has 1 amide bonds. The Morgan fingerprint density at radius 1 is 1.77 bits per heavy atom. The number of carbonyl (C=O) groups excluding carboxylic acids is 1. The van der Waals surface area contributed by atoms with Crippen molar-refractivity contribution in [1.82, 2.24) is 15.1 Å². The van der Waals surface area contributed by atoms with Crippen LogP contribution < -0.4 is 10.6 Å². The quantitative estimate of drug-likeness (QED) is 0.641. The molecule has 1 aliphatic heterocycles. The molecule has 0 bridgehead atoms. The highest BCUT2D eigenvalue weighted by molar-refractivity contribution is 5.50. The van der Waals surface area contributed by atoms with Gasteiger partial charge in [-0.25, -0.2) is 4.68 Å². The number of amides is 1. The zero-order valence-corrected chi connectivity index (χ0v) is 7.29. The van der Waals surface area contributed by atoms with Crippen molar-refractivity contribution in [2.45, 2.75) is 19.5 Å². The topological polar surface area (TPSA) is 59.0 Å². The van der Waals surface area contributed by atoms with Gasteiger partial charge in [-0.15, -0.1) is 0 Å². The molecule has 0 spiro atoms. The smallest absolute Gasteiger partial charge is 0.207 e. The molecule has 0 aliphatic carbocycles. The zero-order valence-electron chi connectivity index (χ0n) is 7.29. The van der Waals surface area contributed by atoms with Gasteiger partial charge in [0.25, 0.3) is 0 Å². The molecule has 0 unspecified atom stereocenters. The summed E-state index contributed by atoms with van der Waals surface area (Å²) in [5, 5.41) is 10.1. The summed E-state index contributed by atoms with van der Waals surface area (Å²) in [7, 11) is 0. The van der Waals surface area contributed by atoms with E-state index in [-0.39, 0.29) is 0 Å². The van der Waals surface area contributed by atoms with E-state index in [1.165, 1.54) is 0 Å². The number of nitrogens with zero attached hydrogens (tertiary/aromatic N) is 2. The van der Waals surface area contributed by atoms with Crippen molar-refractivity contribution in [3.8, 4) is 0 Å². The molecule has 5 nitrogen and oxygen atoms in total. The Hall–Kier alpha value is -1.52. The Balaban J connectivity index is 2.16. The first-order chi connectivity index (χ1) is 6.42.